The van der Waals surface area contributed by atoms with Crippen molar-refractivity contribution >= 4 is 17.6 Å². The molecule has 0 saturated heterocycles. The van der Waals surface area contributed by atoms with E-state index in [1.165, 1.54) is 6.07 Å². The van der Waals surface area contributed by atoms with Crippen molar-refractivity contribution in [1.29, 1.82) is 0 Å². The van der Waals surface area contributed by atoms with E-state index in [1.54, 1.807) is 0 Å². The summed E-state index contributed by atoms with van der Waals surface area (Å²) in [6.45, 7) is -0.364. The van der Waals surface area contributed by atoms with E-state index >= 15 is 0 Å². The second-order valence-electron chi connectivity index (χ2n) is 4.10. The Morgan fingerprint density at radius 2 is 1.76 bits per heavy atom. The number of aromatic carboxylic acids is 1. The summed E-state index contributed by atoms with van der Waals surface area (Å²) < 4.78 is 45.2. The third-order valence-electron chi connectivity index (χ3n) is 2.63. The first-order valence-electron chi connectivity index (χ1n) is 5.67. The minimum Gasteiger partial charge on any atom is -0.483 e. The zero-order valence-corrected chi connectivity index (χ0v) is 11.1. The van der Waals surface area contributed by atoms with E-state index in [9.17, 15) is 18.0 Å². The fraction of sp³-hybridized carbons (Fsp3) is 0.0714. The van der Waals surface area contributed by atoms with Gasteiger partial charge in [0.05, 0.1) is 5.56 Å². The van der Waals surface area contributed by atoms with Crippen LogP contribution in [0.2, 0.25) is 5.02 Å². The van der Waals surface area contributed by atoms with Crippen molar-refractivity contribution < 1.29 is 27.8 Å². The van der Waals surface area contributed by atoms with Crippen molar-refractivity contribution in [3.63, 3.8) is 0 Å². The van der Waals surface area contributed by atoms with Gasteiger partial charge in [-0.05, 0) is 30.3 Å². The number of hydrogen-bond donors (Lipinski definition) is 1. The van der Waals surface area contributed by atoms with E-state index in [0.29, 0.717) is 12.1 Å². The minimum absolute atomic E-state index is 0.180. The van der Waals surface area contributed by atoms with Crippen LogP contribution in [0.25, 0.3) is 0 Å². The molecule has 0 spiro atoms. The first kappa shape index (κ1) is 15.2. The smallest absolute Gasteiger partial charge is 0.335 e. The van der Waals surface area contributed by atoms with Gasteiger partial charge in [0, 0.05) is 10.6 Å². The van der Waals surface area contributed by atoms with E-state index in [-0.39, 0.29) is 17.2 Å². The van der Waals surface area contributed by atoms with Crippen molar-refractivity contribution in [2.24, 2.45) is 0 Å². The van der Waals surface area contributed by atoms with Gasteiger partial charge in [0.15, 0.2) is 17.4 Å². The lowest BCUT2D eigenvalue weighted by Gasteiger charge is -2.10. The zero-order chi connectivity index (χ0) is 15.6. The summed E-state index contributed by atoms with van der Waals surface area (Å²) in [4.78, 5) is 10.6. The molecule has 1 N–H and O–H groups in total. The van der Waals surface area contributed by atoms with Crippen molar-refractivity contribution in [3.05, 3.63) is 63.9 Å². The van der Waals surface area contributed by atoms with Crippen LogP contribution in [0.3, 0.4) is 0 Å². The molecule has 3 nitrogen and oxygen atoms in total. The summed E-state index contributed by atoms with van der Waals surface area (Å²) in [7, 11) is 0. The fourth-order valence-corrected chi connectivity index (χ4v) is 1.80. The van der Waals surface area contributed by atoms with Gasteiger partial charge in [-0.15, -0.1) is 0 Å². The van der Waals surface area contributed by atoms with Crippen LogP contribution < -0.4 is 4.74 Å². The van der Waals surface area contributed by atoms with Gasteiger partial charge < -0.3 is 9.84 Å². The molecule has 0 radical (unpaired) electrons. The monoisotopic (exact) mass is 316 g/mol. The summed E-state index contributed by atoms with van der Waals surface area (Å²) >= 11 is 5.80. The highest BCUT2D eigenvalue weighted by atomic mass is 35.5. The highest BCUT2D eigenvalue weighted by Crippen LogP contribution is 2.26. The predicted molar refractivity (Wildman–Crippen MR) is 69.1 cm³/mol. The average molecular weight is 317 g/mol. The first-order chi connectivity index (χ1) is 9.88. The molecule has 2 aromatic rings. The molecule has 0 heterocycles. The van der Waals surface area contributed by atoms with Crippen molar-refractivity contribution in [1.82, 2.24) is 0 Å². The third kappa shape index (κ3) is 3.46. The van der Waals surface area contributed by atoms with Crippen LogP contribution in [0.15, 0.2) is 30.3 Å². The molecule has 0 unspecified atom stereocenters. The van der Waals surface area contributed by atoms with Gasteiger partial charge in [0.25, 0.3) is 0 Å². The normalized spacial score (nSPS) is 10.5. The number of carbonyl (C=O) groups is 1. The molecule has 0 fully saturated rings. The Morgan fingerprint density at radius 1 is 1.14 bits per heavy atom. The molecule has 110 valence electrons. The lowest BCUT2D eigenvalue weighted by Crippen LogP contribution is -2.04. The number of carboxylic acids is 1. The lowest BCUT2D eigenvalue weighted by molar-refractivity contribution is 0.0695. The summed E-state index contributed by atoms with van der Waals surface area (Å²) in [6, 6.07) is 4.76. The highest BCUT2D eigenvalue weighted by molar-refractivity contribution is 6.31. The first-order valence-corrected chi connectivity index (χ1v) is 6.05. The highest BCUT2D eigenvalue weighted by Gasteiger charge is 2.16. The summed E-state index contributed by atoms with van der Waals surface area (Å²) in [5.74, 6) is -5.12. The molecule has 2 aromatic carbocycles. The van der Waals surface area contributed by atoms with Gasteiger partial charge in [-0.2, -0.15) is 0 Å². The summed E-state index contributed by atoms with van der Waals surface area (Å²) in [6.07, 6.45) is 0. The van der Waals surface area contributed by atoms with E-state index in [2.05, 4.69) is 0 Å². The van der Waals surface area contributed by atoms with E-state index in [1.807, 2.05) is 0 Å². The van der Waals surface area contributed by atoms with Gasteiger partial charge in [-0.25, -0.2) is 18.0 Å². The van der Waals surface area contributed by atoms with Crippen LogP contribution >= 0.6 is 11.6 Å². The SMILES string of the molecule is O=C(O)c1cc(F)c(OCc2cc(F)ccc2Cl)c(F)c1. The minimum atomic E-state index is -1.47. The van der Waals surface area contributed by atoms with Crippen LogP contribution in [0.4, 0.5) is 13.2 Å². The average Bonchev–Trinajstić information content (AvgIpc) is 2.41. The molecular weight excluding hydrogens is 309 g/mol. The predicted octanol–water partition coefficient (Wildman–Crippen LogP) is 4.03. The number of rotatable bonds is 4. The Balaban J connectivity index is 2.24. The molecule has 0 amide bonds. The van der Waals surface area contributed by atoms with Crippen LogP contribution in [0.1, 0.15) is 15.9 Å². The maximum Gasteiger partial charge on any atom is 0.335 e. The Bertz CT molecular complexity index is 681. The van der Waals surface area contributed by atoms with Crippen molar-refractivity contribution in [2.45, 2.75) is 6.61 Å². The molecular formula is C14H8ClF3O3. The Labute approximate surface area is 122 Å². The molecule has 2 rings (SSSR count). The van der Waals surface area contributed by atoms with Crippen LogP contribution in [-0.4, -0.2) is 11.1 Å². The number of carboxylic acid groups (broad SMARTS) is 1. The lowest BCUT2D eigenvalue weighted by atomic mass is 10.2. The third-order valence-corrected chi connectivity index (χ3v) is 2.99. The van der Waals surface area contributed by atoms with Crippen LogP contribution in [0.5, 0.6) is 5.75 Å². The van der Waals surface area contributed by atoms with E-state index in [4.69, 9.17) is 21.4 Å². The number of hydrogen-bond acceptors (Lipinski definition) is 2. The van der Waals surface area contributed by atoms with Gasteiger partial charge in [-0.3, -0.25) is 0 Å². The van der Waals surface area contributed by atoms with Crippen molar-refractivity contribution in [2.75, 3.05) is 0 Å². The van der Waals surface area contributed by atoms with Gasteiger partial charge in [-0.1, -0.05) is 11.6 Å². The largest absolute Gasteiger partial charge is 0.483 e. The molecule has 7 heteroatoms. The summed E-state index contributed by atoms with van der Waals surface area (Å²) in [5.41, 5.74) is -0.334. The molecule has 0 atom stereocenters. The number of halogens is 4. The molecule has 0 aromatic heterocycles. The number of benzene rings is 2. The zero-order valence-electron chi connectivity index (χ0n) is 10.4. The molecule has 21 heavy (non-hydrogen) atoms. The summed E-state index contributed by atoms with van der Waals surface area (Å²) in [5, 5.41) is 8.85. The Hall–Kier alpha value is -2.21. The molecule has 0 aliphatic heterocycles. The second-order valence-corrected chi connectivity index (χ2v) is 4.51. The second kappa shape index (κ2) is 6.05. The maximum absolute atomic E-state index is 13.6. The van der Waals surface area contributed by atoms with E-state index < -0.39 is 34.7 Å². The van der Waals surface area contributed by atoms with Crippen molar-refractivity contribution in [3.8, 4) is 5.75 Å². The molecule has 0 bridgehead atoms. The van der Waals surface area contributed by atoms with E-state index in [0.717, 1.165) is 12.1 Å². The quantitative estimate of drug-likeness (QED) is 0.926. The Morgan fingerprint density at radius 3 is 2.33 bits per heavy atom. The molecule has 0 saturated carbocycles. The maximum atomic E-state index is 13.6. The standard InChI is InChI=1S/C14H8ClF3O3/c15-10-2-1-9(16)3-8(10)6-21-13-11(17)4-7(14(19)20)5-12(13)18/h1-5H,6H2,(H,19,20). The van der Waals surface area contributed by atoms with Gasteiger partial charge in [0.2, 0.25) is 0 Å². The fourth-order valence-electron chi connectivity index (χ4n) is 1.63. The van der Waals surface area contributed by atoms with Crippen LogP contribution in [-0.2, 0) is 6.61 Å². The van der Waals surface area contributed by atoms with Crippen LogP contribution in [0, 0.1) is 17.5 Å². The molecule has 0 aliphatic rings. The Kier molecular flexibility index (Phi) is 4.37. The number of ether oxygens (including phenoxy) is 1. The topological polar surface area (TPSA) is 46.5 Å². The van der Waals surface area contributed by atoms with Gasteiger partial charge in [0.1, 0.15) is 12.4 Å². The molecule has 0 aliphatic carbocycles. The van der Waals surface area contributed by atoms with Gasteiger partial charge >= 0.3 is 5.97 Å².